The summed E-state index contributed by atoms with van der Waals surface area (Å²) < 4.78 is 4.48. The van der Waals surface area contributed by atoms with Crippen molar-refractivity contribution >= 4 is 6.09 Å². The zero-order chi connectivity index (χ0) is 11.1. The van der Waals surface area contributed by atoms with Gasteiger partial charge in [-0.3, -0.25) is 4.90 Å². The van der Waals surface area contributed by atoms with Crippen LogP contribution < -0.4 is 5.32 Å². The third kappa shape index (κ3) is 5.07. The van der Waals surface area contributed by atoms with Crippen molar-refractivity contribution in [3.8, 4) is 0 Å². The Balaban J connectivity index is 3.78. The van der Waals surface area contributed by atoms with E-state index in [0.29, 0.717) is 18.6 Å². The first kappa shape index (κ1) is 13.2. The molecule has 0 aliphatic rings. The molecule has 1 N–H and O–H groups in total. The molecule has 0 atom stereocenters. The number of carbonyl (C=O) groups excluding carboxylic acids is 1. The van der Waals surface area contributed by atoms with Crippen LogP contribution in [-0.4, -0.2) is 43.3 Å². The van der Waals surface area contributed by atoms with Crippen LogP contribution in [0.4, 0.5) is 4.79 Å². The standard InChI is InChI=1S/C10H22N2O2/c1-8(2)12(9(3)4)7-6-11-10(13)14-5/h8-9H,6-7H2,1-5H3,(H,11,13). The first-order valence-corrected chi connectivity index (χ1v) is 5.06. The number of nitrogens with one attached hydrogen (secondary N) is 1. The minimum Gasteiger partial charge on any atom is -0.453 e. The minimum absolute atomic E-state index is 0.363. The first-order valence-electron chi connectivity index (χ1n) is 5.06. The molecule has 0 rings (SSSR count). The Bertz CT molecular complexity index is 162. The molecule has 0 heterocycles. The number of hydrogen-bond acceptors (Lipinski definition) is 3. The van der Waals surface area contributed by atoms with Gasteiger partial charge < -0.3 is 10.1 Å². The second-order valence-corrected chi connectivity index (χ2v) is 3.84. The molecular weight excluding hydrogens is 180 g/mol. The summed E-state index contributed by atoms with van der Waals surface area (Å²) in [4.78, 5) is 13.1. The fraction of sp³-hybridized carbons (Fsp3) is 0.900. The molecule has 0 aromatic rings. The molecule has 0 aliphatic heterocycles. The van der Waals surface area contributed by atoms with E-state index in [4.69, 9.17) is 0 Å². The van der Waals surface area contributed by atoms with E-state index in [1.807, 2.05) is 0 Å². The molecule has 0 saturated carbocycles. The molecule has 84 valence electrons. The lowest BCUT2D eigenvalue weighted by molar-refractivity contribution is 0.156. The van der Waals surface area contributed by atoms with E-state index in [2.05, 4.69) is 42.6 Å². The third-order valence-corrected chi connectivity index (χ3v) is 2.15. The summed E-state index contributed by atoms with van der Waals surface area (Å²) >= 11 is 0. The summed E-state index contributed by atoms with van der Waals surface area (Å²) in [6.45, 7) is 10.1. The Morgan fingerprint density at radius 3 is 2.14 bits per heavy atom. The van der Waals surface area contributed by atoms with Gasteiger partial charge in [-0.15, -0.1) is 0 Å². The molecule has 4 heteroatoms. The Kier molecular flexibility index (Phi) is 6.28. The SMILES string of the molecule is COC(=O)NCCN(C(C)C)C(C)C. The molecule has 0 aliphatic carbocycles. The fourth-order valence-corrected chi connectivity index (χ4v) is 1.47. The molecule has 1 amide bonds. The lowest BCUT2D eigenvalue weighted by atomic mass is 10.2. The van der Waals surface area contributed by atoms with Crippen LogP contribution in [0.15, 0.2) is 0 Å². The average molecular weight is 202 g/mol. The maximum Gasteiger partial charge on any atom is 0.406 e. The van der Waals surface area contributed by atoms with Crippen molar-refractivity contribution in [3.63, 3.8) is 0 Å². The Labute approximate surface area is 86.6 Å². The second kappa shape index (κ2) is 6.65. The molecule has 14 heavy (non-hydrogen) atoms. The number of hydrogen-bond donors (Lipinski definition) is 1. The number of amides is 1. The number of rotatable bonds is 5. The van der Waals surface area contributed by atoms with Crippen LogP contribution in [0.3, 0.4) is 0 Å². The molecule has 0 unspecified atom stereocenters. The van der Waals surface area contributed by atoms with Gasteiger partial charge in [0.15, 0.2) is 0 Å². The minimum atomic E-state index is -0.363. The van der Waals surface area contributed by atoms with Gasteiger partial charge in [0.05, 0.1) is 7.11 Å². The molecule has 0 spiro atoms. The van der Waals surface area contributed by atoms with Crippen LogP contribution in [0.2, 0.25) is 0 Å². The largest absolute Gasteiger partial charge is 0.453 e. The third-order valence-electron chi connectivity index (χ3n) is 2.15. The van der Waals surface area contributed by atoms with E-state index in [0.717, 1.165) is 6.54 Å². The quantitative estimate of drug-likeness (QED) is 0.734. The van der Waals surface area contributed by atoms with E-state index in [-0.39, 0.29) is 6.09 Å². The van der Waals surface area contributed by atoms with Crippen molar-refractivity contribution in [2.75, 3.05) is 20.2 Å². The summed E-state index contributed by atoms with van der Waals surface area (Å²) in [5.41, 5.74) is 0. The molecule has 0 saturated heterocycles. The average Bonchev–Trinajstić information content (AvgIpc) is 2.10. The Morgan fingerprint density at radius 2 is 1.79 bits per heavy atom. The van der Waals surface area contributed by atoms with E-state index >= 15 is 0 Å². The monoisotopic (exact) mass is 202 g/mol. The first-order chi connectivity index (χ1) is 6.49. The maximum atomic E-state index is 10.8. The number of alkyl carbamates (subject to hydrolysis) is 1. The van der Waals surface area contributed by atoms with Crippen LogP contribution >= 0.6 is 0 Å². The van der Waals surface area contributed by atoms with Crippen LogP contribution in [0.25, 0.3) is 0 Å². The van der Waals surface area contributed by atoms with Crippen LogP contribution in [0.1, 0.15) is 27.7 Å². The molecular formula is C10H22N2O2. The van der Waals surface area contributed by atoms with Gasteiger partial charge in [0.2, 0.25) is 0 Å². The topological polar surface area (TPSA) is 41.6 Å². The van der Waals surface area contributed by atoms with Gasteiger partial charge in [-0.05, 0) is 27.7 Å². The lowest BCUT2D eigenvalue weighted by Gasteiger charge is -2.30. The highest BCUT2D eigenvalue weighted by atomic mass is 16.5. The highest BCUT2D eigenvalue weighted by Gasteiger charge is 2.12. The van der Waals surface area contributed by atoms with Crippen LogP contribution in [0.5, 0.6) is 0 Å². The molecule has 0 radical (unpaired) electrons. The fourth-order valence-electron chi connectivity index (χ4n) is 1.47. The molecule has 0 aromatic heterocycles. The molecule has 0 fully saturated rings. The maximum absolute atomic E-state index is 10.8. The molecule has 4 nitrogen and oxygen atoms in total. The predicted molar refractivity (Wildman–Crippen MR) is 57.4 cm³/mol. The molecule has 0 aromatic carbocycles. The highest BCUT2D eigenvalue weighted by Crippen LogP contribution is 2.03. The summed E-state index contributed by atoms with van der Waals surface area (Å²) in [5, 5.41) is 2.67. The second-order valence-electron chi connectivity index (χ2n) is 3.84. The van der Waals surface area contributed by atoms with Crippen molar-refractivity contribution in [3.05, 3.63) is 0 Å². The van der Waals surface area contributed by atoms with Crippen molar-refractivity contribution in [2.24, 2.45) is 0 Å². The van der Waals surface area contributed by atoms with Crippen molar-refractivity contribution < 1.29 is 9.53 Å². The highest BCUT2D eigenvalue weighted by molar-refractivity contribution is 5.66. The summed E-state index contributed by atoms with van der Waals surface area (Å²) in [5.74, 6) is 0. The number of carbonyl (C=O) groups is 1. The van der Waals surface area contributed by atoms with Crippen LogP contribution in [-0.2, 0) is 4.74 Å². The smallest absolute Gasteiger partial charge is 0.406 e. The normalized spacial score (nSPS) is 11.1. The number of nitrogens with zero attached hydrogens (tertiary/aromatic N) is 1. The summed E-state index contributed by atoms with van der Waals surface area (Å²) in [6, 6.07) is 0.990. The summed E-state index contributed by atoms with van der Waals surface area (Å²) in [6.07, 6.45) is -0.363. The zero-order valence-corrected chi connectivity index (χ0v) is 9.83. The van der Waals surface area contributed by atoms with Gasteiger partial charge in [-0.25, -0.2) is 4.79 Å². The van der Waals surface area contributed by atoms with Gasteiger partial charge in [0, 0.05) is 25.2 Å². The van der Waals surface area contributed by atoms with Gasteiger partial charge >= 0.3 is 6.09 Å². The zero-order valence-electron chi connectivity index (χ0n) is 9.83. The van der Waals surface area contributed by atoms with E-state index in [1.165, 1.54) is 7.11 Å². The van der Waals surface area contributed by atoms with Gasteiger partial charge in [0.25, 0.3) is 0 Å². The van der Waals surface area contributed by atoms with E-state index < -0.39 is 0 Å². The van der Waals surface area contributed by atoms with Gasteiger partial charge in [0.1, 0.15) is 0 Å². The Morgan fingerprint density at radius 1 is 1.29 bits per heavy atom. The van der Waals surface area contributed by atoms with Gasteiger partial charge in [-0.1, -0.05) is 0 Å². The van der Waals surface area contributed by atoms with Gasteiger partial charge in [-0.2, -0.15) is 0 Å². The predicted octanol–water partition coefficient (Wildman–Crippen LogP) is 1.46. The summed E-state index contributed by atoms with van der Waals surface area (Å²) in [7, 11) is 1.37. The van der Waals surface area contributed by atoms with Crippen molar-refractivity contribution in [1.29, 1.82) is 0 Å². The number of ether oxygens (including phenoxy) is 1. The van der Waals surface area contributed by atoms with E-state index in [9.17, 15) is 4.79 Å². The number of methoxy groups -OCH3 is 1. The van der Waals surface area contributed by atoms with Crippen molar-refractivity contribution in [1.82, 2.24) is 10.2 Å². The lowest BCUT2D eigenvalue weighted by Crippen LogP contribution is -2.42. The van der Waals surface area contributed by atoms with Crippen molar-refractivity contribution in [2.45, 2.75) is 39.8 Å². The molecule has 0 bridgehead atoms. The van der Waals surface area contributed by atoms with Crippen LogP contribution in [0, 0.1) is 0 Å². The Hall–Kier alpha value is -0.770. The van der Waals surface area contributed by atoms with E-state index in [1.54, 1.807) is 0 Å².